The second-order valence-corrected chi connectivity index (χ2v) is 8.76. The minimum Gasteiger partial charge on any atom is -0.351 e. The molecule has 0 saturated carbocycles. The van der Waals surface area contributed by atoms with Crippen LogP contribution in [0.25, 0.3) is 11.4 Å². The van der Waals surface area contributed by atoms with Gasteiger partial charge in [0.15, 0.2) is 0 Å². The number of hydrogen-bond donors (Lipinski definition) is 3. The number of amides is 3. The van der Waals surface area contributed by atoms with Crippen molar-refractivity contribution in [1.82, 2.24) is 25.8 Å². The van der Waals surface area contributed by atoms with Crippen LogP contribution in [0.1, 0.15) is 21.5 Å². The molecule has 2 aromatic rings. The lowest BCUT2D eigenvalue weighted by Crippen LogP contribution is -2.46. The van der Waals surface area contributed by atoms with E-state index in [9.17, 15) is 14.4 Å². The second kappa shape index (κ2) is 9.24. The van der Waals surface area contributed by atoms with Gasteiger partial charge < -0.3 is 20.9 Å². The van der Waals surface area contributed by atoms with Gasteiger partial charge >= 0.3 is 0 Å². The summed E-state index contributed by atoms with van der Waals surface area (Å²) >= 11 is 0. The van der Waals surface area contributed by atoms with E-state index in [1.165, 1.54) is 0 Å². The zero-order valence-corrected chi connectivity index (χ0v) is 19.1. The second-order valence-electron chi connectivity index (χ2n) is 8.76. The number of fused-ring (bicyclic) bond motifs is 1. The number of likely N-dealkylation sites (N-methyl/N-ethyl adjacent to an activating group) is 1. The van der Waals surface area contributed by atoms with Gasteiger partial charge in [0.2, 0.25) is 0 Å². The number of rotatable bonds is 6. The first-order chi connectivity index (χ1) is 16.5. The van der Waals surface area contributed by atoms with Gasteiger partial charge in [0.1, 0.15) is 0 Å². The van der Waals surface area contributed by atoms with Gasteiger partial charge in [0.05, 0.1) is 22.5 Å². The maximum atomic E-state index is 12.8. The SMILES string of the molecule is CN1CCN(CCNC(=O)c2cccc(C3=C4C(=O)NC(c5ccccc5)=C4C(=O)N3)c2)CC1. The Labute approximate surface area is 198 Å². The normalized spacial score (nSPS) is 18.7. The van der Waals surface area contributed by atoms with Crippen molar-refractivity contribution in [3.05, 3.63) is 82.4 Å². The van der Waals surface area contributed by atoms with E-state index in [1.807, 2.05) is 30.3 Å². The smallest absolute Gasteiger partial charge is 0.258 e. The molecule has 0 spiro atoms. The van der Waals surface area contributed by atoms with Gasteiger partial charge in [-0.15, -0.1) is 0 Å². The van der Waals surface area contributed by atoms with Crippen LogP contribution in [0.4, 0.5) is 0 Å². The van der Waals surface area contributed by atoms with Gasteiger partial charge in [-0.2, -0.15) is 0 Å². The molecule has 0 unspecified atom stereocenters. The van der Waals surface area contributed by atoms with Crippen molar-refractivity contribution in [2.24, 2.45) is 0 Å². The predicted octanol–water partition coefficient (Wildman–Crippen LogP) is 1.05. The molecule has 0 bridgehead atoms. The zero-order valence-electron chi connectivity index (χ0n) is 19.1. The molecule has 0 atom stereocenters. The van der Waals surface area contributed by atoms with Crippen molar-refractivity contribution < 1.29 is 14.4 Å². The quantitative estimate of drug-likeness (QED) is 0.603. The Bertz CT molecular complexity index is 1210. The third-order valence-electron chi connectivity index (χ3n) is 6.47. The van der Waals surface area contributed by atoms with Gasteiger partial charge in [0, 0.05) is 44.8 Å². The highest BCUT2D eigenvalue weighted by Crippen LogP contribution is 2.37. The number of piperazine rings is 1. The highest BCUT2D eigenvalue weighted by molar-refractivity contribution is 6.30. The van der Waals surface area contributed by atoms with Crippen molar-refractivity contribution in [2.75, 3.05) is 46.3 Å². The molecule has 1 saturated heterocycles. The Morgan fingerprint density at radius 3 is 2.15 bits per heavy atom. The third-order valence-corrected chi connectivity index (χ3v) is 6.47. The number of nitrogens with one attached hydrogen (secondary N) is 3. The fourth-order valence-electron chi connectivity index (χ4n) is 4.54. The molecular formula is C26H27N5O3. The first-order valence-corrected chi connectivity index (χ1v) is 11.5. The Kier molecular flexibility index (Phi) is 6.00. The summed E-state index contributed by atoms with van der Waals surface area (Å²) in [5.41, 5.74) is 3.46. The topological polar surface area (TPSA) is 93.8 Å². The molecule has 3 aliphatic rings. The zero-order chi connectivity index (χ0) is 23.7. The highest BCUT2D eigenvalue weighted by Gasteiger charge is 2.40. The van der Waals surface area contributed by atoms with Crippen LogP contribution >= 0.6 is 0 Å². The molecule has 174 valence electrons. The molecule has 3 N–H and O–H groups in total. The molecule has 1 fully saturated rings. The summed E-state index contributed by atoms with van der Waals surface area (Å²) in [5.74, 6) is -0.837. The summed E-state index contributed by atoms with van der Waals surface area (Å²) in [6.45, 7) is 5.45. The van der Waals surface area contributed by atoms with Crippen molar-refractivity contribution in [1.29, 1.82) is 0 Å². The van der Waals surface area contributed by atoms with E-state index in [0.717, 1.165) is 38.3 Å². The van der Waals surface area contributed by atoms with Crippen LogP contribution in [0.3, 0.4) is 0 Å². The fourth-order valence-corrected chi connectivity index (χ4v) is 4.54. The van der Waals surface area contributed by atoms with Crippen LogP contribution in [0, 0.1) is 0 Å². The minimum atomic E-state index is -0.329. The lowest BCUT2D eigenvalue weighted by Gasteiger charge is -2.32. The standard InChI is InChI=1S/C26H27N5O3/c1-30-12-14-31(15-13-30)11-10-27-24(32)19-9-5-8-18(16-19)23-21-20(25(33)29-23)22(28-26(21)34)17-6-3-2-4-7-17/h2-9,16H,10-15H2,1H3,(H,27,32)(H,28,34)(H,29,33). The molecule has 8 heteroatoms. The van der Waals surface area contributed by atoms with E-state index in [-0.39, 0.29) is 17.7 Å². The van der Waals surface area contributed by atoms with Crippen LogP contribution in [0.15, 0.2) is 65.7 Å². The lowest BCUT2D eigenvalue weighted by molar-refractivity contribution is -0.117. The van der Waals surface area contributed by atoms with Gasteiger partial charge in [0.25, 0.3) is 17.7 Å². The molecular weight excluding hydrogens is 430 g/mol. The summed E-state index contributed by atoms with van der Waals surface area (Å²) in [4.78, 5) is 43.0. The summed E-state index contributed by atoms with van der Waals surface area (Å²) in [6, 6.07) is 16.3. The van der Waals surface area contributed by atoms with E-state index in [4.69, 9.17) is 0 Å². The van der Waals surface area contributed by atoms with Gasteiger partial charge in [-0.3, -0.25) is 19.3 Å². The monoisotopic (exact) mass is 457 g/mol. The Morgan fingerprint density at radius 2 is 1.47 bits per heavy atom. The van der Waals surface area contributed by atoms with Crippen LogP contribution in [-0.4, -0.2) is 73.8 Å². The summed E-state index contributed by atoms with van der Waals surface area (Å²) in [7, 11) is 2.12. The average Bonchev–Trinajstić information content (AvgIpc) is 3.39. The molecule has 3 aliphatic heterocycles. The van der Waals surface area contributed by atoms with Crippen molar-refractivity contribution in [2.45, 2.75) is 0 Å². The molecule has 5 rings (SSSR count). The first-order valence-electron chi connectivity index (χ1n) is 11.5. The average molecular weight is 458 g/mol. The predicted molar refractivity (Wildman–Crippen MR) is 129 cm³/mol. The Morgan fingerprint density at radius 1 is 0.853 bits per heavy atom. The highest BCUT2D eigenvalue weighted by atomic mass is 16.2. The maximum absolute atomic E-state index is 12.8. The summed E-state index contributed by atoms with van der Waals surface area (Å²) < 4.78 is 0. The number of carbonyl (C=O) groups excluding carboxylic acids is 3. The van der Waals surface area contributed by atoms with Crippen LogP contribution < -0.4 is 16.0 Å². The fraction of sp³-hybridized carbons (Fsp3) is 0.269. The van der Waals surface area contributed by atoms with Crippen molar-refractivity contribution in [3.63, 3.8) is 0 Å². The van der Waals surface area contributed by atoms with E-state index in [2.05, 4.69) is 32.8 Å². The third kappa shape index (κ3) is 4.25. The molecule has 3 heterocycles. The van der Waals surface area contributed by atoms with Crippen molar-refractivity contribution in [3.8, 4) is 0 Å². The lowest BCUT2D eigenvalue weighted by atomic mass is 10.0. The van der Waals surface area contributed by atoms with E-state index in [0.29, 0.717) is 40.2 Å². The van der Waals surface area contributed by atoms with Crippen LogP contribution in [-0.2, 0) is 9.59 Å². The van der Waals surface area contributed by atoms with Crippen LogP contribution in [0.5, 0.6) is 0 Å². The van der Waals surface area contributed by atoms with Gasteiger partial charge in [-0.25, -0.2) is 0 Å². The summed E-state index contributed by atoms with van der Waals surface area (Å²) in [5, 5.41) is 8.66. The molecule has 8 nitrogen and oxygen atoms in total. The van der Waals surface area contributed by atoms with E-state index >= 15 is 0 Å². The Balaban J connectivity index is 1.34. The van der Waals surface area contributed by atoms with Gasteiger partial charge in [-0.1, -0.05) is 42.5 Å². The number of nitrogens with zero attached hydrogens (tertiary/aromatic N) is 2. The molecule has 0 aromatic heterocycles. The number of hydrogen-bond acceptors (Lipinski definition) is 5. The van der Waals surface area contributed by atoms with Crippen LogP contribution in [0.2, 0.25) is 0 Å². The Hall–Kier alpha value is -3.75. The molecule has 0 aliphatic carbocycles. The van der Waals surface area contributed by atoms with E-state index in [1.54, 1.807) is 24.3 Å². The molecule has 0 radical (unpaired) electrons. The number of carbonyl (C=O) groups is 3. The first kappa shape index (κ1) is 22.1. The van der Waals surface area contributed by atoms with Gasteiger partial charge in [-0.05, 0) is 30.3 Å². The molecule has 3 amide bonds. The minimum absolute atomic E-state index is 0.178. The molecule has 34 heavy (non-hydrogen) atoms. The number of benzene rings is 2. The maximum Gasteiger partial charge on any atom is 0.258 e. The van der Waals surface area contributed by atoms with Crippen molar-refractivity contribution >= 4 is 29.1 Å². The van der Waals surface area contributed by atoms with E-state index < -0.39 is 0 Å². The largest absolute Gasteiger partial charge is 0.351 e. The summed E-state index contributed by atoms with van der Waals surface area (Å²) in [6.07, 6.45) is 0. The molecule has 2 aromatic carbocycles.